The molecule has 0 bridgehead atoms. The SMILES string of the molecule is O=C(CCS)NN=C[C@H](O)[C@@H](O)[C@@H](O)CO. The molecule has 16 heavy (non-hydrogen) atoms. The number of amides is 1. The van der Waals surface area contributed by atoms with Gasteiger partial charge in [-0.2, -0.15) is 17.7 Å². The first-order valence-corrected chi connectivity index (χ1v) is 5.24. The highest BCUT2D eigenvalue weighted by Gasteiger charge is 2.22. The Morgan fingerprint density at radius 2 is 2.06 bits per heavy atom. The van der Waals surface area contributed by atoms with Gasteiger partial charge in [0.15, 0.2) is 0 Å². The standard InChI is InChI=1S/C8H16N2O5S/c11-4-6(13)8(15)5(12)3-9-10-7(14)1-2-16/h3,5-6,8,11-13,15-16H,1-2,4H2,(H,10,14)/t5-,6-,8+/m0/s1. The van der Waals surface area contributed by atoms with E-state index in [1.807, 2.05) is 0 Å². The second-order valence-corrected chi connectivity index (χ2v) is 3.47. The van der Waals surface area contributed by atoms with Crippen molar-refractivity contribution in [3.63, 3.8) is 0 Å². The number of thiol groups is 1. The van der Waals surface area contributed by atoms with Crippen molar-refractivity contribution in [2.45, 2.75) is 24.7 Å². The first-order valence-electron chi connectivity index (χ1n) is 4.60. The Bertz CT molecular complexity index is 238. The van der Waals surface area contributed by atoms with Gasteiger partial charge < -0.3 is 20.4 Å². The maximum Gasteiger partial charge on any atom is 0.240 e. The van der Waals surface area contributed by atoms with E-state index >= 15 is 0 Å². The summed E-state index contributed by atoms with van der Waals surface area (Å²) in [7, 11) is 0. The van der Waals surface area contributed by atoms with Gasteiger partial charge in [-0.25, -0.2) is 5.43 Å². The van der Waals surface area contributed by atoms with E-state index in [4.69, 9.17) is 10.2 Å². The van der Waals surface area contributed by atoms with Crippen LogP contribution in [0.5, 0.6) is 0 Å². The fourth-order valence-corrected chi connectivity index (χ4v) is 0.970. The Kier molecular flexibility index (Phi) is 8.12. The molecule has 5 N–H and O–H groups in total. The van der Waals surface area contributed by atoms with Gasteiger partial charge in [-0.1, -0.05) is 0 Å². The summed E-state index contributed by atoms with van der Waals surface area (Å²) in [5.74, 6) is -0.00824. The van der Waals surface area contributed by atoms with E-state index in [-0.39, 0.29) is 12.3 Å². The van der Waals surface area contributed by atoms with Crippen LogP contribution in [0.4, 0.5) is 0 Å². The highest BCUT2D eigenvalue weighted by molar-refractivity contribution is 7.80. The van der Waals surface area contributed by atoms with Gasteiger partial charge in [0.2, 0.25) is 5.91 Å². The lowest BCUT2D eigenvalue weighted by Gasteiger charge is -2.17. The average molecular weight is 252 g/mol. The normalized spacial score (nSPS) is 17.1. The van der Waals surface area contributed by atoms with Gasteiger partial charge in [0.05, 0.1) is 12.8 Å². The molecule has 7 nitrogen and oxygen atoms in total. The number of aliphatic hydroxyl groups excluding tert-OH is 4. The topological polar surface area (TPSA) is 122 Å². The second-order valence-electron chi connectivity index (χ2n) is 3.02. The summed E-state index contributed by atoms with van der Waals surface area (Å²) in [5, 5.41) is 39.2. The molecule has 8 heteroatoms. The monoisotopic (exact) mass is 252 g/mol. The molecule has 0 aromatic rings. The Hall–Kier alpha value is -0.670. The van der Waals surface area contributed by atoms with Crippen LogP contribution >= 0.6 is 12.6 Å². The predicted octanol–water partition coefficient (Wildman–Crippen LogP) is -2.52. The van der Waals surface area contributed by atoms with E-state index in [1.54, 1.807) is 0 Å². The molecule has 0 aliphatic rings. The van der Waals surface area contributed by atoms with Crippen LogP contribution in [0.15, 0.2) is 5.10 Å². The summed E-state index contributed by atoms with van der Waals surface area (Å²) in [6, 6.07) is 0. The van der Waals surface area contributed by atoms with Gasteiger partial charge >= 0.3 is 0 Å². The zero-order valence-corrected chi connectivity index (χ0v) is 9.42. The Morgan fingerprint density at radius 1 is 1.44 bits per heavy atom. The van der Waals surface area contributed by atoms with Crippen LogP contribution < -0.4 is 5.43 Å². The van der Waals surface area contributed by atoms with E-state index in [0.29, 0.717) is 5.75 Å². The number of nitrogens with zero attached hydrogens (tertiary/aromatic N) is 1. The van der Waals surface area contributed by atoms with E-state index in [1.165, 1.54) is 0 Å². The third-order valence-corrected chi connectivity index (χ3v) is 1.91. The molecule has 0 unspecified atom stereocenters. The van der Waals surface area contributed by atoms with Crippen molar-refractivity contribution in [1.29, 1.82) is 0 Å². The van der Waals surface area contributed by atoms with Crippen molar-refractivity contribution in [2.24, 2.45) is 5.10 Å². The molecule has 94 valence electrons. The Balaban J connectivity index is 3.98. The summed E-state index contributed by atoms with van der Waals surface area (Å²) in [4.78, 5) is 10.9. The molecular formula is C8H16N2O5S. The molecular weight excluding hydrogens is 236 g/mol. The fourth-order valence-electron chi connectivity index (χ4n) is 0.767. The lowest BCUT2D eigenvalue weighted by molar-refractivity contribution is -0.120. The Morgan fingerprint density at radius 3 is 2.56 bits per heavy atom. The smallest absolute Gasteiger partial charge is 0.240 e. The molecule has 0 radical (unpaired) electrons. The number of aliphatic hydroxyl groups is 4. The van der Waals surface area contributed by atoms with Crippen molar-refractivity contribution < 1.29 is 25.2 Å². The minimum absolute atomic E-state index is 0.179. The molecule has 0 aliphatic heterocycles. The number of rotatable bonds is 7. The molecule has 0 saturated heterocycles. The zero-order valence-electron chi connectivity index (χ0n) is 8.52. The van der Waals surface area contributed by atoms with E-state index in [9.17, 15) is 15.0 Å². The van der Waals surface area contributed by atoms with Gasteiger partial charge in [0.25, 0.3) is 0 Å². The van der Waals surface area contributed by atoms with Crippen LogP contribution in [-0.2, 0) is 4.79 Å². The van der Waals surface area contributed by atoms with Gasteiger partial charge in [0.1, 0.15) is 18.3 Å². The molecule has 0 rings (SSSR count). The number of hydrogen-bond donors (Lipinski definition) is 6. The molecule has 0 saturated carbocycles. The number of nitrogens with one attached hydrogen (secondary N) is 1. The van der Waals surface area contributed by atoms with Crippen molar-refractivity contribution in [3.8, 4) is 0 Å². The summed E-state index contributed by atoms with van der Waals surface area (Å²) >= 11 is 3.83. The lowest BCUT2D eigenvalue weighted by atomic mass is 10.1. The van der Waals surface area contributed by atoms with Crippen molar-refractivity contribution in [2.75, 3.05) is 12.4 Å². The highest BCUT2D eigenvalue weighted by Crippen LogP contribution is 1.97. The molecule has 0 heterocycles. The minimum atomic E-state index is -1.56. The first kappa shape index (κ1) is 15.3. The zero-order chi connectivity index (χ0) is 12.6. The average Bonchev–Trinajstić information content (AvgIpc) is 2.27. The number of carbonyl (C=O) groups is 1. The van der Waals surface area contributed by atoms with Gasteiger partial charge in [-0.05, 0) is 5.75 Å². The molecule has 0 aromatic carbocycles. The number of hydrazone groups is 1. The van der Waals surface area contributed by atoms with Crippen LogP contribution in [-0.4, -0.2) is 63.2 Å². The molecule has 0 aliphatic carbocycles. The van der Waals surface area contributed by atoms with E-state index in [2.05, 4.69) is 23.2 Å². The molecule has 0 fully saturated rings. The largest absolute Gasteiger partial charge is 0.394 e. The summed E-state index contributed by atoms with van der Waals surface area (Å²) in [6.07, 6.45) is -3.46. The summed E-state index contributed by atoms with van der Waals surface area (Å²) in [6.45, 7) is -0.682. The van der Waals surface area contributed by atoms with E-state index in [0.717, 1.165) is 6.21 Å². The molecule has 1 amide bonds. The minimum Gasteiger partial charge on any atom is -0.394 e. The summed E-state index contributed by atoms with van der Waals surface area (Å²) in [5.41, 5.74) is 2.09. The quantitative estimate of drug-likeness (QED) is 0.170. The van der Waals surface area contributed by atoms with Gasteiger partial charge in [0, 0.05) is 6.42 Å². The van der Waals surface area contributed by atoms with Gasteiger partial charge in [-0.3, -0.25) is 4.79 Å². The third-order valence-electron chi connectivity index (χ3n) is 1.69. The Labute approximate surface area is 98.2 Å². The third kappa shape index (κ3) is 6.03. The van der Waals surface area contributed by atoms with Crippen molar-refractivity contribution in [3.05, 3.63) is 0 Å². The van der Waals surface area contributed by atoms with Crippen LogP contribution in [0.1, 0.15) is 6.42 Å². The van der Waals surface area contributed by atoms with Crippen LogP contribution in [0.25, 0.3) is 0 Å². The second kappa shape index (κ2) is 8.48. The highest BCUT2D eigenvalue weighted by atomic mass is 32.1. The molecule has 0 spiro atoms. The lowest BCUT2D eigenvalue weighted by Crippen LogP contribution is -2.40. The number of carbonyl (C=O) groups excluding carboxylic acids is 1. The van der Waals surface area contributed by atoms with Crippen molar-refractivity contribution in [1.82, 2.24) is 5.43 Å². The maximum absolute atomic E-state index is 10.9. The summed E-state index contributed by atoms with van der Waals surface area (Å²) < 4.78 is 0. The van der Waals surface area contributed by atoms with Crippen LogP contribution in [0.2, 0.25) is 0 Å². The molecule has 0 aromatic heterocycles. The predicted molar refractivity (Wildman–Crippen MR) is 60.2 cm³/mol. The van der Waals surface area contributed by atoms with Gasteiger partial charge in [-0.15, -0.1) is 0 Å². The van der Waals surface area contributed by atoms with Crippen LogP contribution in [0, 0.1) is 0 Å². The maximum atomic E-state index is 10.9. The first-order chi connectivity index (χ1) is 7.52. The van der Waals surface area contributed by atoms with E-state index < -0.39 is 24.9 Å². The fraction of sp³-hybridized carbons (Fsp3) is 0.750. The van der Waals surface area contributed by atoms with Crippen molar-refractivity contribution >= 4 is 24.8 Å². The number of hydrogen-bond acceptors (Lipinski definition) is 7. The molecule has 3 atom stereocenters. The van der Waals surface area contributed by atoms with Crippen LogP contribution in [0.3, 0.4) is 0 Å².